The van der Waals surface area contributed by atoms with Crippen molar-refractivity contribution in [2.45, 2.75) is 44.8 Å². The summed E-state index contributed by atoms with van der Waals surface area (Å²) in [5.74, 6) is 0. The van der Waals surface area contributed by atoms with E-state index in [-0.39, 0.29) is 0 Å². The van der Waals surface area contributed by atoms with Crippen molar-refractivity contribution in [1.29, 1.82) is 0 Å². The van der Waals surface area contributed by atoms with Crippen molar-refractivity contribution < 1.29 is 0 Å². The first-order valence-electron chi connectivity index (χ1n) is 6.32. The van der Waals surface area contributed by atoms with E-state index in [9.17, 15) is 0 Å². The lowest BCUT2D eigenvalue weighted by Gasteiger charge is -2.18. The van der Waals surface area contributed by atoms with Crippen LogP contribution in [0, 0.1) is 0 Å². The molecule has 16 heavy (non-hydrogen) atoms. The predicted molar refractivity (Wildman–Crippen MR) is 66.3 cm³/mol. The summed E-state index contributed by atoms with van der Waals surface area (Å²) in [5.41, 5.74) is 4.89. The van der Waals surface area contributed by atoms with Crippen molar-refractivity contribution >= 4 is 0 Å². The molecule has 1 heterocycles. The van der Waals surface area contributed by atoms with Crippen molar-refractivity contribution in [2.24, 2.45) is 0 Å². The van der Waals surface area contributed by atoms with Gasteiger partial charge in [-0.25, -0.2) is 0 Å². The van der Waals surface area contributed by atoms with E-state index in [1.807, 2.05) is 0 Å². The molecule has 1 fully saturated rings. The Bertz CT molecular complexity index is 394. The lowest BCUT2D eigenvalue weighted by molar-refractivity contribution is 0.537. The number of hydrogen-bond donors (Lipinski definition) is 2. The summed E-state index contributed by atoms with van der Waals surface area (Å²) in [6.07, 6.45) is 3.85. The summed E-state index contributed by atoms with van der Waals surface area (Å²) in [5, 5.41) is 7.07. The van der Waals surface area contributed by atoms with Crippen molar-refractivity contribution in [3.8, 4) is 0 Å². The van der Waals surface area contributed by atoms with Crippen molar-refractivity contribution in [3.05, 3.63) is 34.9 Å². The number of hydrogen-bond acceptors (Lipinski definition) is 2. The Labute approximate surface area is 97.4 Å². The maximum Gasteiger partial charge on any atom is 0.0210 e. The SMILES string of the molecule is CC1(NCc2ccc3c(c2)CNCC3)CC1. The lowest BCUT2D eigenvalue weighted by Crippen LogP contribution is -2.27. The maximum atomic E-state index is 3.64. The molecule has 0 bridgehead atoms. The van der Waals surface area contributed by atoms with Gasteiger partial charge >= 0.3 is 0 Å². The van der Waals surface area contributed by atoms with E-state index < -0.39 is 0 Å². The molecule has 3 rings (SSSR count). The van der Waals surface area contributed by atoms with Gasteiger partial charge in [-0.2, -0.15) is 0 Å². The maximum absolute atomic E-state index is 3.64. The van der Waals surface area contributed by atoms with E-state index >= 15 is 0 Å². The van der Waals surface area contributed by atoms with Crippen LogP contribution >= 0.6 is 0 Å². The molecule has 0 radical (unpaired) electrons. The number of fused-ring (bicyclic) bond motifs is 1. The van der Waals surface area contributed by atoms with Crippen LogP contribution in [0.15, 0.2) is 18.2 Å². The van der Waals surface area contributed by atoms with Crippen molar-refractivity contribution in [3.63, 3.8) is 0 Å². The van der Waals surface area contributed by atoms with Crippen LogP contribution in [0.4, 0.5) is 0 Å². The highest BCUT2D eigenvalue weighted by atomic mass is 15.0. The second-order valence-corrected chi connectivity index (χ2v) is 5.44. The number of benzene rings is 1. The van der Waals surface area contributed by atoms with Gasteiger partial charge in [0.2, 0.25) is 0 Å². The van der Waals surface area contributed by atoms with E-state index in [2.05, 4.69) is 35.8 Å². The first-order valence-corrected chi connectivity index (χ1v) is 6.32. The molecular weight excluding hydrogens is 196 g/mol. The van der Waals surface area contributed by atoms with E-state index in [4.69, 9.17) is 0 Å². The largest absolute Gasteiger partial charge is 0.312 e. The Kier molecular flexibility index (Phi) is 2.49. The molecule has 1 aliphatic carbocycles. The minimum Gasteiger partial charge on any atom is -0.312 e. The highest BCUT2D eigenvalue weighted by molar-refractivity contribution is 5.33. The van der Waals surface area contributed by atoms with Gasteiger partial charge < -0.3 is 10.6 Å². The number of nitrogens with one attached hydrogen (secondary N) is 2. The summed E-state index contributed by atoms with van der Waals surface area (Å²) in [6.45, 7) is 5.50. The molecule has 0 spiro atoms. The van der Waals surface area contributed by atoms with Crippen molar-refractivity contribution in [1.82, 2.24) is 10.6 Å². The quantitative estimate of drug-likeness (QED) is 0.807. The highest BCUT2D eigenvalue weighted by Crippen LogP contribution is 2.34. The molecule has 0 amide bonds. The van der Waals surface area contributed by atoms with Gasteiger partial charge in [0.1, 0.15) is 0 Å². The van der Waals surface area contributed by atoms with Gasteiger partial charge in [-0.15, -0.1) is 0 Å². The van der Waals surface area contributed by atoms with Crippen LogP contribution in [0.5, 0.6) is 0 Å². The molecule has 0 saturated heterocycles. The third kappa shape index (κ3) is 2.13. The molecule has 2 N–H and O–H groups in total. The molecule has 0 unspecified atom stereocenters. The fraction of sp³-hybridized carbons (Fsp3) is 0.571. The zero-order valence-electron chi connectivity index (χ0n) is 9.97. The second kappa shape index (κ2) is 3.86. The fourth-order valence-electron chi connectivity index (χ4n) is 2.32. The van der Waals surface area contributed by atoms with E-state index in [1.165, 1.54) is 36.0 Å². The average molecular weight is 216 g/mol. The third-order valence-corrected chi connectivity index (χ3v) is 3.88. The minimum absolute atomic E-state index is 0.439. The fourth-order valence-corrected chi connectivity index (χ4v) is 2.32. The topological polar surface area (TPSA) is 24.1 Å². The monoisotopic (exact) mass is 216 g/mol. The molecular formula is C14H20N2. The van der Waals surface area contributed by atoms with Crippen LogP contribution in [0.3, 0.4) is 0 Å². The van der Waals surface area contributed by atoms with E-state index in [0.29, 0.717) is 5.54 Å². The van der Waals surface area contributed by atoms with Crippen LogP contribution in [0.25, 0.3) is 0 Å². The molecule has 1 aromatic carbocycles. The van der Waals surface area contributed by atoms with Gasteiger partial charge in [0.05, 0.1) is 0 Å². The van der Waals surface area contributed by atoms with E-state index in [0.717, 1.165) is 19.6 Å². The molecule has 0 aromatic heterocycles. The van der Waals surface area contributed by atoms with Crippen molar-refractivity contribution in [2.75, 3.05) is 6.54 Å². The minimum atomic E-state index is 0.439. The lowest BCUT2D eigenvalue weighted by atomic mass is 9.98. The normalized spacial score (nSPS) is 21.6. The second-order valence-electron chi connectivity index (χ2n) is 5.44. The molecule has 2 heteroatoms. The summed E-state index contributed by atoms with van der Waals surface area (Å²) in [7, 11) is 0. The summed E-state index contributed by atoms with van der Waals surface area (Å²) < 4.78 is 0. The zero-order chi connectivity index (χ0) is 11.0. The standard InChI is InChI=1S/C14H20N2/c1-14(5-6-14)16-9-11-2-3-12-4-7-15-10-13(12)8-11/h2-3,8,15-16H,4-7,9-10H2,1H3. The molecule has 1 aliphatic heterocycles. The summed E-state index contributed by atoms with van der Waals surface area (Å²) >= 11 is 0. The van der Waals surface area contributed by atoms with Gasteiger partial charge in [0.25, 0.3) is 0 Å². The molecule has 1 saturated carbocycles. The van der Waals surface area contributed by atoms with Gasteiger partial charge in [0.15, 0.2) is 0 Å². The highest BCUT2D eigenvalue weighted by Gasteiger charge is 2.36. The van der Waals surface area contributed by atoms with E-state index in [1.54, 1.807) is 0 Å². The van der Waals surface area contributed by atoms with Crippen LogP contribution in [0.2, 0.25) is 0 Å². The molecule has 2 nitrogen and oxygen atoms in total. The van der Waals surface area contributed by atoms with Gasteiger partial charge in [-0.1, -0.05) is 18.2 Å². The molecule has 0 atom stereocenters. The molecule has 2 aliphatic rings. The third-order valence-electron chi connectivity index (χ3n) is 3.88. The Morgan fingerprint density at radius 2 is 2.19 bits per heavy atom. The van der Waals surface area contributed by atoms with Crippen LogP contribution < -0.4 is 10.6 Å². The van der Waals surface area contributed by atoms with Gasteiger partial charge in [0, 0.05) is 18.6 Å². The molecule has 86 valence electrons. The average Bonchev–Trinajstić information content (AvgIpc) is 3.05. The van der Waals surface area contributed by atoms with Crippen LogP contribution in [-0.2, 0) is 19.5 Å². The Morgan fingerprint density at radius 1 is 1.31 bits per heavy atom. The summed E-state index contributed by atoms with van der Waals surface area (Å²) in [4.78, 5) is 0. The number of rotatable bonds is 3. The van der Waals surface area contributed by atoms with Gasteiger partial charge in [-0.3, -0.25) is 0 Å². The Morgan fingerprint density at radius 3 is 3.00 bits per heavy atom. The first-order chi connectivity index (χ1) is 7.75. The van der Waals surface area contributed by atoms with Crippen LogP contribution in [0.1, 0.15) is 36.5 Å². The Hall–Kier alpha value is -0.860. The Balaban J connectivity index is 1.70. The summed E-state index contributed by atoms with van der Waals surface area (Å²) in [6, 6.07) is 6.95. The first kappa shape index (κ1) is 10.3. The van der Waals surface area contributed by atoms with Crippen LogP contribution in [-0.4, -0.2) is 12.1 Å². The molecule has 1 aromatic rings. The van der Waals surface area contributed by atoms with Gasteiger partial charge in [-0.05, 0) is 49.4 Å². The zero-order valence-corrected chi connectivity index (χ0v) is 9.97. The predicted octanol–water partition coefficient (Wildman–Crippen LogP) is 1.97. The smallest absolute Gasteiger partial charge is 0.0210 e.